The zero-order valence-electron chi connectivity index (χ0n) is 22.9. The molecule has 0 unspecified atom stereocenters. The fourth-order valence-corrected chi connectivity index (χ4v) is 4.35. The number of hydrogen-bond acceptors (Lipinski definition) is 12. The van der Waals surface area contributed by atoms with Crippen LogP contribution in [0.2, 0.25) is 0 Å². The molecule has 6 aromatic rings. The summed E-state index contributed by atoms with van der Waals surface area (Å²) in [6, 6.07) is 6.84. The molecule has 43 heavy (non-hydrogen) atoms. The first kappa shape index (κ1) is 27.1. The summed E-state index contributed by atoms with van der Waals surface area (Å²) >= 11 is 0. The van der Waals surface area contributed by atoms with Crippen molar-refractivity contribution in [1.82, 2.24) is 43.6 Å². The molecule has 0 aliphatic heterocycles. The summed E-state index contributed by atoms with van der Waals surface area (Å²) in [4.78, 5) is 54.0. The lowest BCUT2D eigenvalue weighted by Crippen LogP contribution is -2.16. The molecule has 0 saturated carbocycles. The number of aliphatic imine (C=N–C) groups is 1. The minimum atomic E-state index is -0.254. The van der Waals surface area contributed by atoms with Crippen LogP contribution >= 0.6 is 0 Å². The zero-order valence-corrected chi connectivity index (χ0v) is 22.9. The van der Waals surface area contributed by atoms with Gasteiger partial charge in [-0.1, -0.05) is 0 Å². The quantitative estimate of drug-likeness (QED) is 0.170. The van der Waals surface area contributed by atoms with Crippen LogP contribution in [-0.2, 0) is 29.7 Å². The van der Waals surface area contributed by atoms with E-state index in [2.05, 4.69) is 45.5 Å². The molecule has 0 saturated heterocycles. The highest BCUT2D eigenvalue weighted by molar-refractivity contribution is 5.92. The fourth-order valence-electron chi connectivity index (χ4n) is 4.35. The highest BCUT2D eigenvalue weighted by Gasteiger charge is 2.13. The summed E-state index contributed by atoms with van der Waals surface area (Å²) < 4.78 is 10.9. The van der Waals surface area contributed by atoms with Gasteiger partial charge < -0.3 is 34.9 Å². The van der Waals surface area contributed by atoms with Gasteiger partial charge in [-0.3, -0.25) is 14.9 Å². The van der Waals surface area contributed by atoms with Crippen LogP contribution in [0.3, 0.4) is 0 Å². The minimum Gasteiger partial charge on any atom is -0.423 e. The number of aryl methyl sites for hydroxylation is 2. The van der Waals surface area contributed by atoms with Gasteiger partial charge in [0.05, 0.1) is 24.6 Å². The summed E-state index contributed by atoms with van der Waals surface area (Å²) in [5, 5.41) is 5.60. The van der Waals surface area contributed by atoms with Gasteiger partial charge in [-0.05, 0) is 12.1 Å². The maximum Gasteiger partial charge on any atom is 0.228 e. The zero-order chi connectivity index (χ0) is 29.9. The minimum absolute atomic E-state index is 0.161. The van der Waals surface area contributed by atoms with Crippen LogP contribution in [0.25, 0.3) is 22.3 Å². The SMILES string of the molecule is Cn1c(C=Nc2ccc(NC(=O)CCn3cnc4c(N)ncnc43)o2)ccc1NC(=O)CCn1cnc2c(N)ncnc21. The Kier molecular flexibility index (Phi) is 7.17. The fraction of sp³-hybridized carbons (Fsp3) is 0.192. The number of rotatable bonds is 10. The average Bonchev–Trinajstić information content (AvgIpc) is 3.78. The van der Waals surface area contributed by atoms with Crippen molar-refractivity contribution in [2.45, 2.75) is 25.9 Å². The van der Waals surface area contributed by atoms with E-state index in [0.29, 0.717) is 52.9 Å². The van der Waals surface area contributed by atoms with E-state index >= 15 is 0 Å². The number of nitrogens with one attached hydrogen (secondary N) is 2. The number of aromatic nitrogens is 9. The van der Waals surface area contributed by atoms with Gasteiger partial charge in [-0.15, -0.1) is 0 Å². The molecule has 0 spiro atoms. The van der Waals surface area contributed by atoms with Crippen molar-refractivity contribution in [2.24, 2.45) is 12.0 Å². The number of carbonyl (C=O) groups is 2. The van der Waals surface area contributed by atoms with Crippen LogP contribution in [0.4, 0.5) is 29.2 Å². The summed E-state index contributed by atoms with van der Waals surface area (Å²) in [5.41, 5.74) is 14.5. The first-order valence-corrected chi connectivity index (χ1v) is 13.1. The predicted octanol–water partition coefficient (Wildman–Crippen LogP) is 1.87. The smallest absolute Gasteiger partial charge is 0.228 e. The molecule has 6 rings (SSSR count). The van der Waals surface area contributed by atoms with Crippen LogP contribution in [0.5, 0.6) is 0 Å². The molecule has 17 nitrogen and oxygen atoms in total. The van der Waals surface area contributed by atoms with Crippen LogP contribution in [0, 0.1) is 0 Å². The van der Waals surface area contributed by atoms with Gasteiger partial charge in [0.15, 0.2) is 22.9 Å². The highest BCUT2D eigenvalue weighted by atomic mass is 16.4. The molecule has 218 valence electrons. The molecule has 6 N–H and O–H groups in total. The summed E-state index contributed by atoms with van der Waals surface area (Å²) in [6.45, 7) is 0.723. The van der Waals surface area contributed by atoms with E-state index < -0.39 is 0 Å². The maximum atomic E-state index is 12.6. The third-order valence-corrected chi connectivity index (χ3v) is 6.63. The van der Waals surface area contributed by atoms with E-state index in [1.165, 1.54) is 12.7 Å². The largest absolute Gasteiger partial charge is 0.423 e. The molecular weight excluding hydrogens is 556 g/mol. The summed E-state index contributed by atoms with van der Waals surface area (Å²) in [7, 11) is 1.80. The second kappa shape index (κ2) is 11.4. The summed E-state index contributed by atoms with van der Waals surface area (Å²) in [6.07, 6.45) is 7.83. The topological polar surface area (TPSA) is 228 Å². The number of imidazole rings is 2. The lowest BCUT2D eigenvalue weighted by atomic mass is 10.4. The molecule has 0 fully saturated rings. The first-order chi connectivity index (χ1) is 20.9. The van der Waals surface area contributed by atoms with E-state index in [1.54, 1.807) is 57.8 Å². The van der Waals surface area contributed by atoms with Crippen molar-refractivity contribution in [3.05, 3.63) is 55.3 Å². The van der Waals surface area contributed by atoms with E-state index in [0.717, 1.165) is 5.69 Å². The van der Waals surface area contributed by atoms with Crippen molar-refractivity contribution in [3.8, 4) is 0 Å². The van der Waals surface area contributed by atoms with Crippen molar-refractivity contribution < 1.29 is 14.0 Å². The van der Waals surface area contributed by atoms with E-state index in [4.69, 9.17) is 15.9 Å². The molecule has 0 aromatic carbocycles. The highest BCUT2D eigenvalue weighted by Crippen LogP contribution is 2.22. The third kappa shape index (κ3) is 5.71. The second-order valence-electron chi connectivity index (χ2n) is 9.43. The van der Waals surface area contributed by atoms with E-state index in [-0.39, 0.29) is 36.4 Å². The van der Waals surface area contributed by atoms with Crippen molar-refractivity contribution >= 4 is 69.6 Å². The average molecular weight is 583 g/mol. The van der Waals surface area contributed by atoms with Crippen LogP contribution in [0.15, 0.2) is 59.0 Å². The standard InChI is InChI=1S/C26H26N14O3/c1-38-15(2-3-16(38)36-17(41)6-8-39-13-34-21-23(27)30-11-32-25(21)39)10-29-19-4-5-20(43-19)37-18(42)7-9-40-14-35-22-24(28)31-12-33-26(22)40/h2-5,10-14H,6-9H2,1H3,(H,36,41)(H,37,42)(H2,27,30,32)(H2,28,31,33). The number of amides is 2. The molecule has 0 radical (unpaired) electrons. The van der Waals surface area contributed by atoms with Crippen molar-refractivity contribution in [3.63, 3.8) is 0 Å². The number of nitrogens with zero attached hydrogens (tertiary/aromatic N) is 10. The molecule has 17 heteroatoms. The molecule has 0 aliphatic rings. The van der Waals surface area contributed by atoms with Gasteiger partial charge in [-0.2, -0.15) is 0 Å². The number of furan rings is 1. The van der Waals surface area contributed by atoms with Crippen LogP contribution < -0.4 is 22.1 Å². The van der Waals surface area contributed by atoms with Gasteiger partial charge in [0.2, 0.25) is 23.6 Å². The number of nitrogens with two attached hydrogens (primary N) is 2. The molecule has 0 atom stereocenters. The van der Waals surface area contributed by atoms with E-state index in [1.807, 2.05) is 6.07 Å². The number of nitrogen functional groups attached to an aromatic ring is 2. The Morgan fingerprint density at radius 2 is 1.44 bits per heavy atom. The molecule has 2 amide bonds. The summed E-state index contributed by atoms with van der Waals surface area (Å²) in [5.74, 6) is 1.30. The Morgan fingerprint density at radius 3 is 2.07 bits per heavy atom. The lowest BCUT2D eigenvalue weighted by Gasteiger charge is -2.08. The van der Waals surface area contributed by atoms with Gasteiger partial charge in [0.1, 0.15) is 29.5 Å². The Morgan fingerprint density at radius 1 is 0.837 bits per heavy atom. The number of anilines is 4. The predicted molar refractivity (Wildman–Crippen MR) is 157 cm³/mol. The number of hydrogen-bond donors (Lipinski definition) is 4. The molecule has 0 aliphatic carbocycles. The van der Waals surface area contributed by atoms with Gasteiger partial charge in [0, 0.05) is 45.1 Å². The van der Waals surface area contributed by atoms with Gasteiger partial charge in [-0.25, -0.2) is 34.9 Å². The van der Waals surface area contributed by atoms with Gasteiger partial charge >= 0.3 is 0 Å². The first-order valence-electron chi connectivity index (χ1n) is 13.1. The van der Waals surface area contributed by atoms with Crippen LogP contribution in [0.1, 0.15) is 18.5 Å². The van der Waals surface area contributed by atoms with Crippen molar-refractivity contribution in [2.75, 3.05) is 22.1 Å². The normalized spacial score (nSPS) is 11.6. The number of carbonyl (C=O) groups excluding carboxylic acids is 2. The lowest BCUT2D eigenvalue weighted by molar-refractivity contribution is -0.117. The maximum absolute atomic E-state index is 12.6. The number of fused-ring (bicyclic) bond motifs is 2. The second-order valence-corrected chi connectivity index (χ2v) is 9.43. The molecule has 6 aromatic heterocycles. The Labute approximate surface area is 242 Å². The molecule has 0 bridgehead atoms. The third-order valence-electron chi connectivity index (χ3n) is 6.63. The Balaban J connectivity index is 1.00. The molecular formula is C26H26N14O3. The van der Waals surface area contributed by atoms with E-state index in [9.17, 15) is 9.59 Å². The van der Waals surface area contributed by atoms with Crippen LogP contribution in [-0.4, -0.2) is 61.6 Å². The Bertz CT molecular complexity index is 1980. The monoisotopic (exact) mass is 582 g/mol. The molecule has 6 heterocycles. The van der Waals surface area contributed by atoms with Crippen molar-refractivity contribution in [1.29, 1.82) is 0 Å². The van der Waals surface area contributed by atoms with Gasteiger partial charge in [0.25, 0.3) is 0 Å². The Hall–Kier alpha value is -6.13.